The molecule has 1 fully saturated rings. The maximum Gasteiger partial charge on any atom is 0.407 e. The van der Waals surface area contributed by atoms with Gasteiger partial charge in [0.2, 0.25) is 0 Å². The van der Waals surface area contributed by atoms with Gasteiger partial charge in [0.05, 0.1) is 38.0 Å². The quantitative estimate of drug-likeness (QED) is 0.169. The molecular weight excluding hydrogens is 627 g/mol. The van der Waals surface area contributed by atoms with Crippen molar-refractivity contribution >= 4 is 18.0 Å². The highest BCUT2D eigenvalue weighted by molar-refractivity contribution is 5.90. The number of ether oxygens (including phenoxy) is 3. The normalized spacial score (nSPS) is 16.4. The Morgan fingerprint density at radius 3 is 2.27 bits per heavy atom. The number of hydrogen-bond acceptors (Lipinski definition) is 8. The van der Waals surface area contributed by atoms with Crippen LogP contribution in [0.1, 0.15) is 40.3 Å². The first-order valence-corrected chi connectivity index (χ1v) is 16.3. The van der Waals surface area contributed by atoms with E-state index in [4.69, 9.17) is 14.2 Å². The largest absolute Gasteiger partial charge is 0.453 e. The van der Waals surface area contributed by atoms with E-state index in [1.54, 1.807) is 18.3 Å². The van der Waals surface area contributed by atoms with Crippen LogP contribution in [0, 0.1) is 5.82 Å². The average Bonchev–Trinajstić information content (AvgIpc) is 3.14. The zero-order valence-electron chi connectivity index (χ0n) is 27.3. The highest BCUT2D eigenvalue weighted by Crippen LogP contribution is 2.30. The third-order valence-electron chi connectivity index (χ3n) is 8.45. The first kappa shape index (κ1) is 35.2. The number of rotatable bonds is 14. The van der Waals surface area contributed by atoms with Crippen molar-refractivity contribution < 1.29 is 33.0 Å². The Morgan fingerprint density at radius 1 is 0.939 bits per heavy atom. The number of ketones is 1. The number of carbonyl (C=O) groups excluding carboxylic acids is 3. The molecular formula is C38H41FN4O6. The minimum absolute atomic E-state index is 0.0212. The van der Waals surface area contributed by atoms with Crippen LogP contribution in [0.3, 0.4) is 0 Å². The van der Waals surface area contributed by atoms with Gasteiger partial charge in [-0.2, -0.15) is 0 Å². The summed E-state index contributed by atoms with van der Waals surface area (Å²) < 4.78 is 29.4. The second kappa shape index (κ2) is 17.9. The van der Waals surface area contributed by atoms with Crippen LogP contribution in [0.25, 0.3) is 0 Å². The van der Waals surface area contributed by atoms with E-state index >= 15 is 0 Å². The monoisotopic (exact) mass is 668 g/mol. The van der Waals surface area contributed by atoms with E-state index in [0.29, 0.717) is 31.7 Å². The maximum atomic E-state index is 14.1. The lowest BCUT2D eigenvalue weighted by atomic mass is 9.82. The van der Waals surface area contributed by atoms with Gasteiger partial charge in [0, 0.05) is 25.2 Å². The van der Waals surface area contributed by atoms with Crippen LogP contribution in [0.4, 0.5) is 14.0 Å². The van der Waals surface area contributed by atoms with E-state index < -0.39 is 24.1 Å². The third-order valence-corrected chi connectivity index (χ3v) is 8.45. The zero-order chi connectivity index (χ0) is 34.4. The SMILES string of the molecule is COC(=O)N[C@H](C(=O)Cc1ncccc1CC[C@@H]1CN[C@H](COC(=O)NCc2ccc(F)cc2)CO1)C(c1ccccc1)c1ccccc1. The molecule has 0 radical (unpaired) electrons. The second-order valence-electron chi connectivity index (χ2n) is 11.8. The van der Waals surface area contributed by atoms with Crippen LogP contribution >= 0.6 is 0 Å². The molecule has 1 aliphatic rings. The molecule has 2 amide bonds. The van der Waals surface area contributed by atoms with E-state index in [9.17, 15) is 18.8 Å². The summed E-state index contributed by atoms with van der Waals surface area (Å²) in [5.41, 5.74) is 4.12. The van der Waals surface area contributed by atoms with Gasteiger partial charge in [-0.15, -0.1) is 0 Å². The summed E-state index contributed by atoms with van der Waals surface area (Å²) in [5, 5.41) is 8.84. The molecule has 2 heterocycles. The van der Waals surface area contributed by atoms with Crippen molar-refractivity contribution in [3.8, 4) is 0 Å². The Bertz CT molecular complexity index is 1610. The van der Waals surface area contributed by atoms with Gasteiger partial charge < -0.3 is 30.2 Å². The van der Waals surface area contributed by atoms with E-state index in [0.717, 1.165) is 22.3 Å². The molecule has 256 valence electrons. The number of amides is 2. The fraction of sp³-hybridized carbons (Fsp3) is 0.316. The second-order valence-corrected chi connectivity index (χ2v) is 11.8. The molecule has 3 aromatic carbocycles. The average molecular weight is 669 g/mol. The molecule has 0 saturated carbocycles. The summed E-state index contributed by atoms with van der Waals surface area (Å²) in [4.78, 5) is 43.3. The number of hydrogen-bond donors (Lipinski definition) is 3. The van der Waals surface area contributed by atoms with Crippen LogP contribution in [-0.2, 0) is 38.4 Å². The summed E-state index contributed by atoms with van der Waals surface area (Å²) >= 11 is 0. The van der Waals surface area contributed by atoms with Gasteiger partial charge in [0.25, 0.3) is 0 Å². The number of alkyl carbamates (subject to hydrolysis) is 2. The first-order chi connectivity index (χ1) is 23.9. The zero-order valence-corrected chi connectivity index (χ0v) is 27.3. The molecule has 0 bridgehead atoms. The van der Waals surface area contributed by atoms with Gasteiger partial charge in [0.1, 0.15) is 18.5 Å². The van der Waals surface area contributed by atoms with E-state index in [1.165, 1.54) is 19.2 Å². The van der Waals surface area contributed by atoms with Gasteiger partial charge in [-0.05, 0) is 53.3 Å². The van der Waals surface area contributed by atoms with Gasteiger partial charge in [-0.1, -0.05) is 78.9 Å². The Kier molecular flexibility index (Phi) is 12.8. The van der Waals surface area contributed by atoms with Crippen LogP contribution in [-0.4, -0.2) is 68.0 Å². The summed E-state index contributed by atoms with van der Waals surface area (Å²) in [6.07, 6.45) is 1.68. The summed E-state index contributed by atoms with van der Waals surface area (Å²) in [5.74, 6) is -0.970. The molecule has 0 spiro atoms. The fourth-order valence-corrected chi connectivity index (χ4v) is 5.85. The van der Waals surface area contributed by atoms with Gasteiger partial charge in [-0.25, -0.2) is 14.0 Å². The molecule has 3 atom stereocenters. The molecule has 11 heteroatoms. The number of aryl methyl sites for hydroxylation is 1. The Labute approximate surface area is 285 Å². The Hall–Kier alpha value is -5.13. The highest BCUT2D eigenvalue weighted by atomic mass is 19.1. The highest BCUT2D eigenvalue weighted by Gasteiger charge is 2.33. The lowest BCUT2D eigenvalue weighted by Crippen LogP contribution is -2.49. The molecule has 1 aliphatic heterocycles. The van der Waals surface area contributed by atoms with Gasteiger partial charge in [0.15, 0.2) is 5.78 Å². The predicted molar refractivity (Wildman–Crippen MR) is 181 cm³/mol. The molecule has 0 unspecified atom stereocenters. The number of Topliss-reactive ketones (excluding diaryl/α,β-unsaturated/α-hetero) is 1. The van der Waals surface area contributed by atoms with Crippen molar-refractivity contribution in [3.63, 3.8) is 0 Å². The minimum Gasteiger partial charge on any atom is -0.453 e. The van der Waals surface area contributed by atoms with Gasteiger partial charge in [-0.3, -0.25) is 9.78 Å². The van der Waals surface area contributed by atoms with Crippen molar-refractivity contribution in [2.24, 2.45) is 0 Å². The predicted octanol–water partition coefficient (Wildman–Crippen LogP) is 5.11. The number of methoxy groups -OCH3 is 1. The van der Waals surface area contributed by atoms with Crippen molar-refractivity contribution in [2.45, 2.75) is 49.9 Å². The van der Waals surface area contributed by atoms with Crippen molar-refractivity contribution in [3.05, 3.63) is 137 Å². The molecule has 3 N–H and O–H groups in total. The molecule has 0 aliphatic carbocycles. The lowest BCUT2D eigenvalue weighted by molar-refractivity contribution is -0.120. The maximum absolute atomic E-state index is 14.1. The van der Waals surface area contributed by atoms with Crippen molar-refractivity contribution in [1.29, 1.82) is 0 Å². The summed E-state index contributed by atoms with van der Waals surface area (Å²) in [7, 11) is 1.28. The van der Waals surface area contributed by atoms with Crippen LogP contribution in [0.5, 0.6) is 0 Å². The van der Waals surface area contributed by atoms with Crippen LogP contribution in [0.15, 0.2) is 103 Å². The standard InChI is InChI=1S/C38H41FN4O6/c1-47-38(46)43-36(35(28-9-4-2-5-10-28)29-11-6-3-7-12-29)34(44)21-33-27(13-8-20-40-33)16-19-32-23-41-31(24-48-32)25-49-37(45)42-22-26-14-17-30(39)18-15-26/h2-15,17-18,20,31-32,35-36,41H,16,19,21-25H2,1H3,(H,42,45)(H,43,46)/t31-,32+,36+/m0/s1. The molecule has 49 heavy (non-hydrogen) atoms. The minimum atomic E-state index is -0.901. The molecule has 1 aromatic heterocycles. The van der Waals surface area contributed by atoms with Crippen LogP contribution in [0.2, 0.25) is 0 Å². The summed E-state index contributed by atoms with van der Waals surface area (Å²) in [6, 6.07) is 27.9. The molecule has 1 saturated heterocycles. The number of carbonyl (C=O) groups is 3. The fourth-order valence-electron chi connectivity index (χ4n) is 5.85. The molecule has 4 aromatic rings. The number of morpholine rings is 1. The van der Waals surface area contributed by atoms with Crippen molar-refractivity contribution in [1.82, 2.24) is 20.9 Å². The number of benzene rings is 3. The van der Waals surface area contributed by atoms with Crippen molar-refractivity contribution in [2.75, 3.05) is 26.9 Å². The third kappa shape index (κ3) is 10.4. The van der Waals surface area contributed by atoms with Crippen LogP contribution < -0.4 is 16.0 Å². The Morgan fingerprint density at radius 2 is 1.63 bits per heavy atom. The first-order valence-electron chi connectivity index (χ1n) is 16.3. The molecule has 10 nitrogen and oxygen atoms in total. The number of nitrogens with zero attached hydrogens (tertiary/aromatic N) is 1. The lowest BCUT2D eigenvalue weighted by Gasteiger charge is -2.30. The van der Waals surface area contributed by atoms with E-state index in [2.05, 4.69) is 20.9 Å². The number of pyridine rings is 1. The number of aromatic nitrogens is 1. The topological polar surface area (TPSA) is 128 Å². The van der Waals surface area contributed by atoms with Gasteiger partial charge >= 0.3 is 12.2 Å². The number of halogens is 1. The Balaban J connectivity index is 1.15. The number of nitrogens with one attached hydrogen (secondary N) is 3. The smallest absolute Gasteiger partial charge is 0.407 e. The van der Waals surface area contributed by atoms with E-state index in [-0.39, 0.29) is 43.3 Å². The molecule has 5 rings (SSSR count). The van der Waals surface area contributed by atoms with E-state index in [1.807, 2.05) is 72.8 Å². The summed E-state index contributed by atoms with van der Waals surface area (Å²) in [6.45, 7) is 1.32.